The Balaban J connectivity index is 1.75. The zero-order chi connectivity index (χ0) is 13.1. The summed E-state index contributed by atoms with van der Waals surface area (Å²) < 4.78 is 0. The predicted molar refractivity (Wildman–Crippen MR) is 75.8 cm³/mol. The fraction of sp³-hybridized carbons (Fsp3) is 0.533. The second kappa shape index (κ2) is 4.21. The fourth-order valence-corrected chi connectivity index (χ4v) is 4.68. The summed E-state index contributed by atoms with van der Waals surface area (Å²) in [7, 11) is 0. The van der Waals surface area contributed by atoms with Gasteiger partial charge in [0.25, 0.3) is 0 Å². The molecular formula is C15H15Cl2NO. The first-order valence-corrected chi connectivity index (χ1v) is 7.64. The van der Waals surface area contributed by atoms with E-state index in [9.17, 15) is 4.79 Å². The summed E-state index contributed by atoms with van der Waals surface area (Å²) in [6.45, 7) is 0.665. The third-order valence-electron chi connectivity index (χ3n) is 5.15. The summed E-state index contributed by atoms with van der Waals surface area (Å²) in [4.78, 5) is 14.7. The molecule has 3 aliphatic heterocycles. The van der Waals surface area contributed by atoms with Gasteiger partial charge in [0.15, 0.2) is 5.78 Å². The number of carbonyl (C=O) groups excluding carboxylic acids is 1. The van der Waals surface area contributed by atoms with Crippen molar-refractivity contribution in [3.8, 4) is 0 Å². The number of nitrogens with zero attached hydrogens (tertiary/aromatic N) is 1. The minimum absolute atomic E-state index is 0.177. The zero-order valence-corrected chi connectivity index (χ0v) is 12.0. The molecule has 5 atom stereocenters. The Labute approximate surface area is 122 Å². The molecule has 0 amide bonds. The number of carbonyl (C=O) groups is 1. The van der Waals surface area contributed by atoms with Gasteiger partial charge in [0.05, 0.1) is 16.6 Å². The van der Waals surface area contributed by atoms with Crippen LogP contribution in [0.25, 0.3) is 0 Å². The van der Waals surface area contributed by atoms with Crippen LogP contribution in [0.5, 0.6) is 0 Å². The highest BCUT2D eigenvalue weighted by Gasteiger charge is 2.55. The van der Waals surface area contributed by atoms with Crippen LogP contribution in [0.15, 0.2) is 18.2 Å². The van der Waals surface area contributed by atoms with E-state index in [1.165, 1.54) is 18.4 Å². The van der Waals surface area contributed by atoms with Crippen molar-refractivity contribution >= 4 is 29.0 Å². The Bertz CT molecular complexity index is 559. The summed E-state index contributed by atoms with van der Waals surface area (Å²) >= 11 is 12.1. The third-order valence-corrected chi connectivity index (χ3v) is 5.89. The van der Waals surface area contributed by atoms with E-state index in [-0.39, 0.29) is 5.92 Å². The van der Waals surface area contributed by atoms with Gasteiger partial charge in [0.2, 0.25) is 0 Å². The van der Waals surface area contributed by atoms with Crippen molar-refractivity contribution in [2.75, 3.05) is 6.54 Å². The van der Waals surface area contributed by atoms with Crippen LogP contribution in [0.4, 0.5) is 0 Å². The summed E-state index contributed by atoms with van der Waals surface area (Å²) in [5.74, 6) is 0.929. The number of Topliss-reactive ketones (excluding diaryl/α,β-unsaturated/α-hetero) is 1. The van der Waals surface area contributed by atoms with Crippen LogP contribution in [-0.4, -0.2) is 29.3 Å². The van der Waals surface area contributed by atoms with E-state index >= 15 is 0 Å². The largest absolute Gasteiger partial charge is 0.298 e. The van der Waals surface area contributed by atoms with Crippen LogP contribution in [0.3, 0.4) is 0 Å². The highest BCUT2D eigenvalue weighted by atomic mass is 35.5. The van der Waals surface area contributed by atoms with E-state index in [1.54, 1.807) is 0 Å². The summed E-state index contributed by atoms with van der Waals surface area (Å²) in [6.07, 6.45) is 3.51. The predicted octanol–water partition coefficient (Wildman–Crippen LogP) is 3.51. The van der Waals surface area contributed by atoms with Gasteiger partial charge in [-0.15, -0.1) is 0 Å². The van der Waals surface area contributed by atoms with Gasteiger partial charge in [-0.05, 0) is 42.9 Å². The maximum Gasteiger partial charge on any atom is 0.152 e. The summed E-state index contributed by atoms with van der Waals surface area (Å²) in [5, 5.41) is 1.18. The molecule has 1 unspecified atom stereocenters. The number of halogens is 2. The first-order valence-electron chi connectivity index (χ1n) is 6.88. The van der Waals surface area contributed by atoms with E-state index in [0.717, 1.165) is 6.42 Å². The summed E-state index contributed by atoms with van der Waals surface area (Å²) in [5.41, 5.74) is 1.19. The molecule has 0 saturated carbocycles. The van der Waals surface area contributed by atoms with Gasteiger partial charge in [0.1, 0.15) is 0 Å². The Morgan fingerprint density at radius 2 is 2.00 bits per heavy atom. The molecule has 0 radical (unpaired) electrons. The molecule has 0 N–H and O–H groups in total. The van der Waals surface area contributed by atoms with Crippen molar-refractivity contribution in [3.05, 3.63) is 33.8 Å². The van der Waals surface area contributed by atoms with Crippen LogP contribution in [0.1, 0.15) is 30.7 Å². The van der Waals surface area contributed by atoms with E-state index < -0.39 is 0 Å². The first kappa shape index (κ1) is 12.2. The molecule has 3 aliphatic rings. The van der Waals surface area contributed by atoms with Gasteiger partial charge in [-0.2, -0.15) is 0 Å². The quantitative estimate of drug-likeness (QED) is 0.790. The van der Waals surface area contributed by atoms with Crippen molar-refractivity contribution in [1.29, 1.82) is 0 Å². The lowest BCUT2D eigenvalue weighted by Gasteiger charge is -2.36. The normalized spacial score (nSPS) is 39.9. The van der Waals surface area contributed by atoms with E-state index in [1.807, 2.05) is 18.2 Å². The second-order valence-electron chi connectivity index (χ2n) is 5.98. The summed E-state index contributed by atoms with van der Waals surface area (Å²) in [6, 6.07) is 6.92. The Hall–Kier alpha value is -0.570. The van der Waals surface area contributed by atoms with E-state index in [0.29, 0.717) is 40.4 Å². The zero-order valence-electron chi connectivity index (χ0n) is 10.5. The molecule has 0 spiro atoms. The highest BCUT2D eigenvalue weighted by molar-refractivity contribution is 6.42. The molecule has 4 bridgehead atoms. The van der Waals surface area contributed by atoms with Crippen molar-refractivity contribution in [3.63, 3.8) is 0 Å². The van der Waals surface area contributed by atoms with Crippen LogP contribution in [-0.2, 0) is 4.79 Å². The Kier molecular flexibility index (Phi) is 2.70. The second-order valence-corrected chi connectivity index (χ2v) is 6.79. The topological polar surface area (TPSA) is 20.3 Å². The molecule has 19 heavy (non-hydrogen) atoms. The molecule has 3 heterocycles. The molecular weight excluding hydrogens is 281 g/mol. The molecule has 100 valence electrons. The molecule has 2 nitrogen and oxygen atoms in total. The van der Waals surface area contributed by atoms with E-state index in [2.05, 4.69) is 4.90 Å². The Morgan fingerprint density at radius 3 is 2.79 bits per heavy atom. The molecule has 3 saturated heterocycles. The number of piperidine rings is 1. The van der Waals surface area contributed by atoms with Gasteiger partial charge >= 0.3 is 0 Å². The number of ketones is 1. The fourth-order valence-electron chi connectivity index (χ4n) is 4.37. The maximum absolute atomic E-state index is 12.3. The van der Waals surface area contributed by atoms with Gasteiger partial charge in [-0.25, -0.2) is 0 Å². The van der Waals surface area contributed by atoms with Crippen LogP contribution < -0.4 is 0 Å². The van der Waals surface area contributed by atoms with Crippen molar-refractivity contribution in [1.82, 2.24) is 4.90 Å². The lowest BCUT2D eigenvalue weighted by Crippen LogP contribution is -2.40. The SMILES string of the molecule is O=C1CN2[C@H]3CC[C@@H]2[C@@H]1[C@H](c1ccc(Cl)c(Cl)c1)C3. The van der Waals surface area contributed by atoms with Crippen LogP contribution >= 0.6 is 23.2 Å². The molecule has 1 aromatic carbocycles. The number of hydrogen-bond acceptors (Lipinski definition) is 2. The van der Waals surface area contributed by atoms with Crippen LogP contribution in [0.2, 0.25) is 10.0 Å². The van der Waals surface area contributed by atoms with Crippen molar-refractivity contribution < 1.29 is 4.79 Å². The smallest absolute Gasteiger partial charge is 0.152 e. The van der Waals surface area contributed by atoms with E-state index in [4.69, 9.17) is 23.2 Å². The molecule has 4 rings (SSSR count). The van der Waals surface area contributed by atoms with Gasteiger partial charge in [-0.3, -0.25) is 9.69 Å². The number of rotatable bonds is 1. The van der Waals surface area contributed by atoms with Crippen LogP contribution in [0, 0.1) is 5.92 Å². The lowest BCUT2D eigenvalue weighted by molar-refractivity contribution is -0.120. The van der Waals surface area contributed by atoms with Crippen molar-refractivity contribution in [2.45, 2.75) is 37.3 Å². The van der Waals surface area contributed by atoms with Gasteiger partial charge in [0, 0.05) is 18.0 Å². The maximum atomic E-state index is 12.3. The average molecular weight is 296 g/mol. The minimum Gasteiger partial charge on any atom is -0.298 e. The number of hydrogen-bond donors (Lipinski definition) is 0. The number of benzene rings is 1. The molecule has 0 aliphatic carbocycles. The Morgan fingerprint density at radius 1 is 1.16 bits per heavy atom. The lowest BCUT2D eigenvalue weighted by atomic mass is 9.77. The van der Waals surface area contributed by atoms with Gasteiger partial charge < -0.3 is 0 Å². The monoisotopic (exact) mass is 295 g/mol. The molecule has 3 fully saturated rings. The average Bonchev–Trinajstić information content (AvgIpc) is 2.78. The minimum atomic E-state index is 0.177. The highest BCUT2D eigenvalue weighted by Crippen LogP contribution is 2.51. The molecule has 0 aromatic heterocycles. The third kappa shape index (κ3) is 1.70. The van der Waals surface area contributed by atoms with Gasteiger partial charge in [-0.1, -0.05) is 29.3 Å². The molecule has 4 heteroatoms. The first-order chi connectivity index (χ1) is 9.15. The standard InChI is InChI=1S/C15H15Cl2NO/c16-11-3-1-8(5-12(11)17)10-6-9-2-4-13-15(10)14(19)7-18(9)13/h1,3,5,9-10,13,15H,2,4,6-7H2/t9-,10-,13+,15-/m0/s1. The molecule has 1 aromatic rings. The van der Waals surface area contributed by atoms with Crippen molar-refractivity contribution in [2.24, 2.45) is 5.92 Å².